The van der Waals surface area contributed by atoms with Gasteiger partial charge in [-0.15, -0.1) is 0 Å². The van der Waals surface area contributed by atoms with Crippen LogP contribution in [0.15, 0.2) is 47.4 Å². The first-order valence-corrected chi connectivity index (χ1v) is 11.2. The molecule has 0 spiro atoms. The van der Waals surface area contributed by atoms with Gasteiger partial charge in [0.05, 0.1) is 22.0 Å². The highest BCUT2D eigenvalue weighted by Gasteiger charge is 2.22. The summed E-state index contributed by atoms with van der Waals surface area (Å²) < 4.78 is 25.6. The van der Waals surface area contributed by atoms with Gasteiger partial charge in [0.15, 0.2) is 0 Å². The van der Waals surface area contributed by atoms with Crippen molar-refractivity contribution in [3.8, 4) is 0 Å². The lowest BCUT2D eigenvalue weighted by molar-refractivity contribution is -0.120. The smallest absolute Gasteiger partial charge is 0.271 e. The van der Waals surface area contributed by atoms with Gasteiger partial charge in [0.2, 0.25) is 10.0 Å². The molecule has 0 unspecified atom stereocenters. The Balaban J connectivity index is 1.66. The molecule has 2 N–H and O–H groups in total. The summed E-state index contributed by atoms with van der Waals surface area (Å²) in [5.41, 5.74) is 6.81. The fourth-order valence-corrected chi connectivity index (χ4v) is 4.36. The normalized spacial score (nSPS) is 13.7. The summed E-state index contributed by atoms with van der Waals surface area (Å²) in [5.74, 6) is -1.10. The molecule has 0 aliphatic carbocycles. The highest BCUT2D eigenvalue weighted by Crippen LogP contribution is 2.26. The Morgan fingerprint density at radius 2 is 1.87 bits per heavy atom. The van der Waals surface area contributed by atoms with Gasteiger partial charge in [0.1, 0.15) is 0 Å². The molecule has 30 heavy (non-hydrogen) atoms. The summed E-state index contributed by atoms with van der Waals surface area (Å²) in [6.07, 6.45) is 1.91. The monoisotopic (exact) mass is 450 g/mol. The maximum absolute atomic E-state index is 12.5. The van der Waals surface area contributed by atoms with Crippen molar-refractivity contribution in [3.05, 3.63) is 58.6 Å². The van der Waals surface area contributed by atoms with Crippen molar-refractivity contribution in [2.24, 2.45) is 0 Å². The van der Waals surface area contributed by atoms with Gasteiger partial charge in [0, 0.05) is 26.3 Å². The number of amides is 2. The van der Waals surface area contributed by atoms with Gasteiger partial charge >= 0.3 is 0 Å². The van der Waals surface area contributed by atoms with E-state index in [1.165, 1.54) is 37.9 Å². The minimum Gasteiger partial charge on any atom is -0.362 e. The molecule has 2 aromatic carbocycles. The minimum absolute atomic E-state index is 0.0526. The Morgan fingerprint density at radius 3 is 2.60 bits per heavy atom. The third-order valence-corrected chi connectivity index (χ3v) is 6.96. The Labute approximate surface area is 180 Å². The molecule has 10 heteroatoms. The van der Waals surface area contributed by atoms with Crippen molar-refractivity contribution < 1.29 is 18.0 Å². The molecule has 1 aliphatic rings. The fourth-order valence-electron chi connectivity index (χ4n) is 3.23. The van der Waals surface area contributed by atoms with E-state index < -0.39 is 21.8 Å². The topological polar surface area (TPSA) is 98.8 Å². The van der Waals surface area contributed by atoms with Crippen LogP contribution in [0.5, 0.6) is 0 Å². The van der Waals surface area contributed by atoms with Crippen LogP contribution in [0.2, 0.25) is 5.02 Å². The number of halogens is 1. The number of anilines is 1. The maximum Gasteiger partial charge on any atom is 0.271 e. The second kappa shape index (κ2) is 9.03. The molecular formula is C20H23ClN4O4S. The first-order valence-electron chi connectivity index (χ1n) is 9.34. The van der Waals surface area contributed by atoms with E-state index in [1.807, 2.05) is 29.2 Å². The molecule has 2 amide bonds. The zero-order valence-corrected chi connectivity index (χ0v) is 18.3. The van der Waals surface area contributed by atoms with Gasteiger partial charge in [-0.3, -0.25) is 20.4 Å². The van der Waals surface area contributed by atoms with Crippen molar-refractivity contribution >= 4 is 39.1 Å². The summed E-state index contributed by atoms with van der Waals surface area (Å²) in [7, 11) is -0.945. The zero-order valence-electron chi connectivity index (χ0n) is 16.7. The molecule has 0 atom stereocenters. The van der Waals surface area contributed by atoms with E-state index in [-0.39, 0.29) is 22.0 Å². The lowest BCUT2D eigenvalue weighted by Gasteiger charge is -2.30. The summed E-state index contributed by atoms with van der Waals surface area (Å²) >= 11 is 6.06. The van der Waals surface area contributed by atoms with Gasteiger partial charge < -0.3 is 4.90 Å². The average Bonchev–Trinajstić information content (AvgIpc) is 2.72. The molecule has 0 radical (unpaired) electrons. The number of nitrogens with zero attached hydrogens (tertiary/aromatic N) is 2. The van der Waals surface area contributed by atoms with Gasteiger partial charge in [0.25, 0.3) is 11.8 Å². The third-order valence-electron chi connectivity index (χ3n) is 4.82. The second-order valence-corrected chi connectivity index (χ2v) is 9.64. The Kier molecular flexibility index (Phi) is 6.64. The average molecular weight is 451 g/mol. The predicted octanol–water partition coefficient (Wildman–Crippen LogP) is 1.80. The number of sulfonamides is 1. The number of hydrogen-bond acceptors (Lipinski definition) is 5. The number of aryl methyl sites for hydroxylation is 1. The Hall–Kier alpha value is -2.62. The molecule has 0 saturated carbocycles. The quantitative estimate of drug-likeness (QED) is 0.677. The Bertz CT molecular complexity index is 1070. The number of carbonyl (C=O) groups is 2. The molecule has 3 rings (SSSR count). The van der Waals surface area contributed by atoms with Crippen molar-refractivity contribution in [1.29, 1.82) is 0 Å². The van der Waals surface area contributed by atoms with E-state index in [2.05, 4.69) is 10.9 Å². The largest absolute Gasteiger partial charge is 0.362 e. The minimum atomic E-state index is -3.73. The molecule has 0 bridgehead atoms. The third kappa shape index (κ3) is 4.75. The molecular weight excluding hydrogens is 428 g/mol. The van der Waals surface area contributed by atoms with Crippen LogP contribution in [-0.2, 0) is 21.2 Å². The first-order chi connectivity index (χ1) is 14.2. The molecule has 0 fully saturated rings. The molecule has 1 aliphatic heterocycles. The lowest BCUT2D eigenvalue weighted by Crippen LogP contribution is -2.47. The van der Waals surface area contributed by atoms with E-state index in [0.29, 0.717) is 0 Å². The van der Waals surface area contributed by atoms with E-state index >= 15 is 0 Å². The Morgan fingerprint density at radius 1 is 1.13 bits per heavy atom. The van der Waals surface area contributed by atoms with Crippen LogP contribution < -0.4 is 15.8 Å². The molecule has 0 saturated heterocycles. The van der Waals surface area contributed by atoms with Gasteiger partial charge in [-0.05, 0) is 42.7 Å². The molecule has 160 valence electrons. The van der Waals surface area contributed by atoms with E-state index in [1.54, 1.807) is 0 Å². The number of rotatable bonds is 5. The number of hydrogen-bond donors (Lipinski definition) is 2. The zero-order chi connectivity index (χ0) is 21.9. The van der Waals surface area contributed by atoms with Crippen molar-refractivity contribution in [2.45, 2.75) is 17.7 Å². The lowest BCUT2D eigenvalue weighted by atomic mass is 10.0. The van der Waals surface area contributed by atoms with Crippen LogP contribution in [0.1, 0.15) is 22.3 Å². The fraction of sp³-hybridized carbons (Fsp3) is 0.300. The molecule has 1 heterocycles. The van der Waals surface area contributed by atoms with E-state index in [4.69, 9.17) is 11.6 Å². The number of hydrazine groups is 1. The summed E-state index contributed by atoms with van der Waals surface area (Å²) in [6, 6.07) is 11.7. The van der Waals surface area contributed by atoms with E-state index in [9.17, 15) is 18.0 Å². The van der Waals surface area contributed by atoms with Gasteiger partial charge in [-0.1, -0.05) is 29.8 Å². The highest BCUT2D eigenvalue weighted by atomic mass is 35.5. The maximum atomic E-state index is 12.5. The van der Waals surface area contributed by atoms with Crippen LogP contribution >= 0.6 is 11.6 Å². The van der Waals surface area contributed by atoms with E-state index in [0.717, 1.165) is 29.4 Å². The van der Waals surface area contributed by atoms with Crippen LogP contribution in [0.25, 0.3) is 0 Å². The summed E-state index contributed by atoms with van der Waals surface area (Å²) in [6.45, 7) is 0.828. The summed E-state index contributed by atoms with van der Waals surface area (Å²) in [5, 5.41) is 0.0735. The van der Waals surface area contributed by atoms with Crippen LogP contribution in [0, 0.1) is 0 Å². The van der Waals surface area contributed by atoms with Gasteiger partial charge in [-0.25, -0.2) is 12.7 Å². The van der Waals surface area contributed by atoms with Crippen molar-refractivity contribution in [1.82, 2.24) is 15.2 Å². The second-order valence-electron chi connectivity index (χ2n) is 7.09. The number of fused-ring (bicyclic) bond motifs is 1. The number of nitrogens with one attached hydrogen (secondary N) is 2. The molecule has 2 aromatic rings. The van der Waals surface area contributed by atoms with Crippen LogP contribution in [0.3, 0.4) is 0 Å². The predicted molar refractivity (Wildman–Crippen MR) is 115 cm³/mol. The van der Waals surface area contributed by atoms with Crippen molar-refractivity contribution in [2.75, 3.05) is 32.1 Å². The first kappa shape index (κ1) is 22.1. The van der Waals surface area contributed by atoms with Gasteiger partial charge in [-0.2, -0.15) is 0 Å². The number of benzene rings is 2. The molecule has 0 aromatic heterocycles. The molecule has 8 nitrogen and oxygen atoms in total. The summed E-state index contributed by atoms with van der Waals surface area (Å²) in [4.78, 5) is 26.7. The highest BCUT2D eigenvalue weighted by molar-refractivity contribution is 7.89. The van der Waals surface area contributed by atoms with Crippen molar-refractivity contribution in [3.63, 3.8) is 0 Å². The van der Waals surface area contributed by atoms with Crippen LogP contribution in [0.4, 0.5) is 5.69 Å². The number of para-hydroxylation sites is 1. The van der Waals surface area contributed by atoms with Crippen LogP contribution in [-0.4, -0.2) is 51.7 Å². The standard InChI is InChI=1S/C20H23ClN4O4S/c1-24(2)30(28,29)15-9-10-17(21)16(12-15)20(27)23-22-19(26)13-25-11-5-7-14-6-3-4-8-18(14)25/h3-4,6,8-10,12H,5,7,11,13H2,1-2H3,(H,22,26)(H,23,27). The number of carbonyl (C=O) groups excluding carboxylic acids is 2. The SMILES string of the molecule is CN(C)S(=O)(=O)c1ccc(Cl)c(C(=O)NNC(=O)CN2CCCc3ccccc32)c1.